The van der Waals surface area contributed by atoms with E-state index in [0.717, 1.165) is 20.6 Å². The van der Waals surface area contributed by atoms with Crippen LogP contribution < -0.4 is 0 Å². The summed E-state index contributed by atoms with van der Waals surface area (Å²) < 4.78 is 15.1. The Labute approximate surface area is 139 Å². The maximum Gasteiger partial charge on any atom is 0.134 e. The Morgan fingerprint density at radius 1 is 1.19 bits per heavy atom. The minimum Gasteiger partial charge on any atom is -0.236 e. The van der Waals surface area contributed by atoms with Crippen molar-refractivity contribution in [1.29, 1.82) is 0 Å². The van der Waals surface area contributed by atoms with Gasteiger partial charge in [-0.25, -0.2) is 9.37 Å². The van der Waals surface area contributed by atoms with Crippen LogP contribution in [0, 0.1) is 5.82 Å². The number of hydrogen-bond acceptors (Lipinski definition) is 3. The first-order valence-corrected chi connectivity index (χ1v) is 9.13. The molecule has 1 aromatic heterocycles. The van der Waals surface area contributed by atoms with Crippen LogP contribution in [0.2, 0.25) is 0 Å². The monoisotopic (exact) mass is 379 g/mol. The van der Waals surface area contributed by atoms with Crippen LogP contribution in [0.25, 0.3) is 21.8 Å². The summed E-state index contributed by atoms with van der Waals surface area (Å²) in [4.78, 5) is 5.51. The summed E-state index contributed by atoms with van der Waals surface area (Å²) in [6.07, 6.45) is 1.95. The van der Waals surface area contributed by atoms with E-state index in [9.17, 15) is 4.39 Å². The summed E-state index contributed by atoms with van der Waals surface area (Å²) in [6, 6.07) is 13.1. The fraction of sp³-hybridized carbons (Fsp3) is 0.0625. The number of aromatic nitrogens is 1. The van der Waals surface area contributed by atoms with Gasteiger partial charge in [0.2, 0.25) is 0 Å². The third-order valence-corrected chi connectivity index (χ3v) is 5.17. The lowest BCUT2D eigenvalue weighted by molar-refractivity contribution is 0.628. The van der Waals surface area contributed by atoms with E-state index in [0.29, 0.717) is 10.6 Å². The smallest absolute Gasteiger partial charge is 0.134 e. The molecule has 5 heteroatoms. The van der Waals surface area contributed by atoms with Gasteiger partial charge in [-0.1, -0.05) is 34.1 Å². The van der Waals surface area contributed by atoms with Crippen LogP contribution in [0.4, 0.5) is 4.39 Å². The standard InChI is InChI=1S/C16H11BrFNS2/c1-20-14-7-3-6-12(18)15(14)16-19-13(9-21-16)10-4-2-5-11(17)8-10/h2-9H,1H3. The van der Waals surface area contributed by atoms with Crippen molar-refractivity contribution in [3.63, 3.8) is 0 Å². The fourth-order valence-electron chi connectivity index (χ4n) is 2.05. The fourth-order valence-corrected chi connectivity index (χ4v) is 4.02. The van der Waals surface area contributed by atoms with Crippen LogP contribution in [0.15, 0.2) is 57.2 Å². The highest BCUT2D eigenvalue weighted by Gasteiger charge is 2.14. The van der Waals surface area contributed by atoms with E-state index < -0.39 is 0 Å². The van der Waals surface area contributed by atoms with Gasteiger partial charge in [0.25, 0.3) is 0 Å². The van der Waals surface area contributed by atoms with Crippen LogP contribution in [0.1, 0.15) is 0 Å². The second kappa shape index (κ2) is 6.30. The van der Waals surface area contributed by atoms with Crippen LogP contribution in [0.5, 0.6) is 0 Å². The highest BCUT2D eigenvalue weighted by atomic mass is 79.9. The zero-order valence-electron chi connectivity index (χ0n) is 11.1. The predicted octanol–water partition coefficient (Wildman–Crippen LogP) is 6.10. The third-order valence-electron chi connectivity index (χ3n) is 3.03. The van der Waals surface area contributed by atoms with Gasteiger partial charge in [-0.3, -0.25) is 0 Å². The molecule has 106 valence electrons. The van der Waals surface area contributed by atoms with Gasteiger partial charge in [0.15, 0.2) is 0 Å². The number of rotatable bonds is 3. The highest BCUT2D eigenvalue weighted by molar-refractivity contribution is 9.10. The first-order chi connectivity index (χ1) is 10.2. The zero-order valence-corrected chi connectivity index (χ0v) is 14.4. The SMILES string of the molecule is CSc1cccc(F)c1-c1nc(-c2cccc(Br)c2)cs1. The summed E-state index contributed by atoms with van der Waals surface area (Å²) in [5.74, 6) is -0.225. The average Bonchev–Trinajstić information content (AvgIpc) is 2.96. The molecule has 0 aliphatic rings. The van der Waals surface area contributed by atoms with Crippen LogP contribution in [-0.2, 0) is 0 Å². The van der Waals surface area contributed by atoms with Crippen molar-refractivity contribution in [2.45, 2.75) is 4.90 Å². The topological polar surface area (TPSA) is 12.9 Å². The summed E-state index contributed by atoms with van der Waals surface area (Å²) >= 11 is 6.46. The largest absolute Gasteiger partial charge is 0.236 e. The second-order valence-corrected chi connectivity index (χ2v) is 6.99. The Hall–Kier alpha value is -1.17. The third kappa shape index (κ3) is 3.05. The first kappa shape index (κ1) is 14.8. The van der Waals surface area contributed by atoms with Crippen molar-refractivity contribution >= 4 is 39.0 Å². The molecule has 0 saturated heterocycles. The zero-order chi connectivity index (χ0) is 14.8. The molecule has 3 aromatic rings. The summed E-state index contributed by atoms with van der Waals surface area (Å²) in [6.45, 7) is 0. The van der Waals surface area contributed by atoms with Crippen LogP contribution in [-0.4, -0.2) is 11.2 Å². The molecule has 0 fully saturated rings. The van der Waals surface area contributed by atoms with Gasteiger partial charge in [0.05, 0.1) is 11.3 Å². The lowest BCUT2D eigenvalue weighted by atomic mass is 10.2. The van der Waals surface area contributed by atoms with Gasteiger partial charge in [-0.15, -0.1) is 23.1 Å². The van der Waals surface area contributed by atoms with Gasteiger partial charge in [0, 0.05) is 20.3 Å². The molecular weight excluding hydrogens is 369 g/mol. The van der Waals surface area contributed by atoms with Crippen molar-refractivity contribution in [1.82, 2.24) is 4.98 Å². The maximum atomic E-state index is 14.1. The van der Waals surface area contributed by atoms with E-state index in [-0.39, 0.29) is 5.82 Å². The molecule has 0 N–H and O–H groups in total. The van der Waals surface area contributed by atoms with Crippen molar-refractivity contribution in [2.24, 2.45) is 0 Å². The number of thioether (sulfide) groups is 1. The quantitative estimate of drug-likeness (QED) is 0.509. The van der Waals surface area contributed by atoms with Crippen LogP contribution >= 0.6 is 39.0 Å². The van der Waals surface area contributed by atoms with Crippen LogP contribution in [0.3, 0.4) is 0 Å². The molecule has 2 aromatic carbocycles. The van der Waals surface area contributed by atoms with Crippen molar-refractivity contribution in [2.75, 3.05) is 6.26 Å². The molecule has 0 aliphatic heterocycles. The van der Waals surface area contributed by atoms with Crippen molar-refractivity contribution < 1.29 is 4.39 Å². The van der Waals surface area contributed by atoms with Gasteiger partial charge in [-0.05, 0) is 30.5 Å². The Balaban J connectivity index is 2.07. The Kier molecular flexibility index (Phi) is 4.42. The summed E-state index contributed by atoms with van der Waals surface area (Å²) in [5.41, 5.74) is 2.48. The minimum absolute atomic E-state index is 0.225. The van der Waals surface area contributed by atoms with E-state index in [1.54, 1.807) is 6.07 Å². The molecule has 0 unspecified atom stereocenters. The summed E-state index contributed by atoms with van der Waals surface area (Å²) in [5, 5.41) is 2.68. The Morgan fingerprint density at radius 3 is 2.76 bits per heavy atom. The first-order valence-electron chi connectivity index (χ1n) is 6.23. The Bertz CT molecular complexity index is 785. The number of halogens is 2. The molecule has 0 amide bonds. The Morgan fingerprint density at radius 2 is 2.00 bits per heavy atom. The molecule has 0 atom stereocenters. The van der Waals surface area contributed by atoms with E-state index in [2.05, 4.69) is 20.9 Å². The number of thiazole rings is 1. The van der Waals surface area contributed by atoms with Gasteiger partial charge in [0.1, 0.15) is 10.8 Å². The highest BCUT2D eigenvalue weighted by Crippen LogP contribution is 2.36. The minimum atomic E-state index is -0.225. The molecule has 1 nitrogen and oxygen atoms in total. The maximum absolute atomic E-state index is 14.1. The van der Waals surface area contributed by atoms with Gasteiger partial charge < -0.3 is 0 Å². The van der Waals surface area contributed by atoms with Crippen molar-refractivity contribution in [3.05, 3.63) is 58.1 Å². The molecule has 0 saturated carbocycles. The number of hydrogen-bond donors (Lipinski definition) is 0. The predicted molar refractivity (Wildman–Crippen MR) is 92.4 cm³/mol. The molecule has 0 radical (unpaired) electrons. The van der Waals surface area contributed by atoms with E-state index in [1.165, 1.54) is 29.2 Å². The number of nitrogens with zero attached hydrogens (tertiary/aromatic N) is 1. The summed E-state index contributed by atoms with van der Waals surface area (Å²) in [7, 11) is 0. The van der Waals surface area contributed by atoms with E-state index in [4.69, 9.17) is 0 Å². The molecule has 21 heavy (non-hydrogen) atoms. The molecule has 0 bridgehead atoms. The number of benzene rings is 2. The molecule has 0 aliphatic carbocycles. The van der Waals surface area contributed by atoms with Gasteiger partial charge in [-0.2, -0.15) is 0 Å². The van der Waals surface area contributed by atoms with E-state index >= 15 is 0 Å². The normalized spacial score (nSPS) is 10.8. The molecule has 3 rings (SSSR count). The average molecular weight is 380 g/mol. The molecule has 0 spiro atoms. The van der Waals surface area contributed by atoms with Crippen molar-refractivity contribution in [3.8, 4) is 21.8 Å². The molecule has 1 heterocycles. The second-order valence-electron chi connectivity index (χ2n) is 4.37. The molecular formula is C16H11BrFNS2. The van der Waals surface area contributed by atoms with Gasteiger partial charge >= 0.3 is 0 Å². The van der Waals surface area contributed by atoms with E-state index in [1.807, 2.05) is 42.0 Å². The lowest BCUT2D eigenvalue weighted by Crippen LogP contribution is -1.87. The lowest BCUT2D eigenvalue weighted by Gasteiger charge is -2.05.